The van der Waals surface area contributed by atoms with Gasteiger partial charge < -0.3 is 15.2 Å². The number of phenols is 1. The van der Waals surface area contributed by atoms with E-state index in [1.54, 1.807) is 7.11 Å². The van der Waals surface area contributed by atoms with Crippen molar-refractivity contribution in [1.82, 2.24) is 5.32 Å². The topological polar surface area (TPSA) is 41.5 Å². The van der Waals surface area contributed by atoms with Crippen molar-refractivity contribution in [2.24, 2.45) is 5.92 Å². The Hall–Kier alpha value is -1.06. The number of ether oxygens (including phenoxy) is 1. The quantitative estimate of drug-likeness (QED) is 0.839. The third-order valence-electron chi connectivity index (χ3n) is 3.43. The predicted molar refractivity (Wildman–Crippen MR) is 68.1 cm³/mol. The first kappa shape index (κ1) is 12.4. The van der Waals surface area contributed by atoms with Gasteiger partial charge in [0.2, 0.25) is 0 Å². The highest BCUT2D eigenvalue weighted by molar-refractivity contribution is 5.36. The third kappa shape index (κ3) is 3.45. The second kappa shape index (κ2) is 6.03. The van der Waals surface area contributed by atoms with Crippen molar-refractivity contribution >= 4 is 0 Å². The fourth-order valence-electron chi connectivity index (χ4n) is 2.43. The van der Waals surface area contributed by atoms with Gasteiger partial charge in [0, 0.05) is 12.7 Å². The van der Waals surface area contributed by atoms with Crippen LogP contribution in [0.4, 0.5) is 0 Å². The zero-order chi connectivity index (χ0) is 12.1. The smallest absolute Gasteiger partial charge is 0.121 e. The second-order valence-electron chi connectivity index (χ2n) is 4.79. The Balaban J connectivity index is 1.98. The lowest BCUT2D eigenvalue weighted by Crippen LogP contribution is -2.28. The van der Waals surface area contributed by atoms with Crippen molar-refractivity contribution in [3.8, 4) is 5.75 Å². The zero-order valence-electron chi connectivity index (χ0n) is 10.4. The second-order valence-corrected chi connectivity index (χ2v) is 4.79. The van der Waals surface area contributed by atoms with Gasteiger partial charge in [0.15, 0.2) is 0 Å². The number of rotatable bonds is 4. The molecular weight excluding hydrogens is 214 g/mol. The van der Waals surface area contributed by atoms with E-state index >= 15 is 0 Å². The van der Waals surface area contributed by atoms with Crippen LogP contribution in [0.15, 0.2) is 18.2 Å². The Morgan fingerprint density at radius 3 is 2.76 bits per heavy atom. The van der Waals surface area contributed by atoms with Gasteiger partial charge in [0.25, 0.3) is 0 Å². The molecule has 3 heteroatoms. The van der Waals surface area contributed by atoms with Crippen molar-refractivity contribution in [2.45, 2.75) is 25.9 Å². The van der Waals surface area contributed by atoms with E-state index in [0.29, 0.717) is 12.4 Å². The maximum absolute atomic E-state index is 9.86. The molecule has 1 heterocycles. The standard InChI is InChI=1S/C14H21NO2/c1-17-10-13-3-2-12(9-14(13)16)8-11-4-6-15-7-5-11/h2-3,9,11,15-16H,4-8,10H2,1H3. The number of phenolic OH excluding ortho intramolecular Hbond substituents is 1. The Kier molecular flexibility index (Phi) is 4.40. The molecule has 3 nitrogen and oxygen atoms in total. The molecule has 2 N–H and O–H groups in total. The van der Waals surface area contributed by atoms with Crippen LogP contribution in [0.5, 0.6) is 5.75 Å². The molecule has 1 aliphatic rings. The summed E-state index contributed by atoms with van der Waals surface area (Å²) in [6.45, 7) is 2.72. The maximum Gasteiger partial charge on any atom is 0.121 e. The first-order valence-corrected chi connectivity index (χ1v) is 6.30. The van der Waals surface area contributed by atoms with Gasteiger partial charge in [-0.3, -0.25) is 0 Å². The molecule has 2 rings (SSSR count). The molecule has 0 saturated carbocycles. The van der Waals surface area contributed by atoms with Gasteiger partial charge in [-0.2, -0.15) is 0 Å². The fraction of sp³-hybridized carbons (Fsp3) is 0.571. The summed E-state index contributed by atoms with van der Waals surface area (Å²) >= 11 is 0. The van der Waals surface area contributed by atoms with Crippen molar-refractivity contribution in [1.29, 1.82) is 0 Å². The Morgan fingerprint density at radius 1 is 1.35 bits per heavy atom. The summed E-state index contributed by atoms with van der Waals surface area (Å²) in [6, 6.07) is 5.96. The molecule has 0 bridgehead atoms. The lowest BCUT2D eigenvalue weighted by Gasteiger charge is -2.22. The lowest BCUT2D eigenvalue weighted by atomic mass is 9.90. The zero-order valence-corrected chi connectivity index (χ0v) is 10.4. The number of methoxy groups -OCH3 is 1. The molecule has 1 fully saturated rings. The van der Waals surface area contributed by atoms with Gasteiger partial charge in [-0.15, -0.1) is 0 Å². The molecule has 0 spiro atoms. The molecule has 0 radical (unpaired) electrons. The van der Waals surface area contributed by atoms with Crippen LogP contribution in [0.2, 0.25) is 0 Å². The minimum Gasteiger partial charge on any atom is -0.508 e. The molecule has 1 aromatic carbocycles. The van der Waals surface area contributed by atoms with Crippen LogP contribution >= 0.6 is 0 Å². The van der Waals surface area contributed by atoms with Crippen molar-refractivity contribution in [3.05, 3.63) is 29.3 Å². The minimum absolute atomic E-state index is 0.360. The third-order valence-corrected chi connectivity index (χ3v) is 3.43. The largest absolute Gasteiger partial charge is 0.508 e. The van der Waals surface area contributed by atoms with Gasteiger partial charge in [-0.1, -0.05) is 12.1 Å². The summed E-state index contributed by atoms with van der Waals surface area (Å²) in [4.78, 5) is 0. The average Bonchev–Trinajstić information content (AvgIpc) is 2.34. The summed E-state index contributed by atoms with van der Waals surface area (Å²) in [5.74, 6) is 1.11. The van der Waals surface area contributed by atoms with E-state index in [1.165, 1.54) is 18.4 Å². The highest BCUT2D eigenvalue weighted by Gasteiger charge is 2.14. The monoisotopic (exact) mass is 235 g/mol. The molecule has 1 aliphatic heterocycles. The first-order chi connectivity index (χ1) is 8.29. The van der Waals surface area contributed by atoms with Gasteiger partial charge in [-0.25, -0.2) is 0 Å². The van der Waals surface area contributed by atoms with Crippen LogP contribution in [0.1, 0.15) is 24.0 Å². The van der Waals surface area contributed by atoms with Gasteiger partial charge >= 0.3 is 0 Å². The number of nitrogens with one attached hydrogen (secondary N) is 1. The number of benzene rings is 1. The molecule has 0 aliphatic carbocycles. The summed E-state index contributed by atoms with van der Waals surface area (Å²) in [5.41, 5.74) is 2.09. The van der Waals surface area contributed by atoms with E-state index in [0.717, 1.165) is 31.0 Å². The SMILES string of the molecule is COCc1ccc(CC2CCNCC2)cc1O. The summed E-state index contributed by atoms with van der Waals surface area (Å²) in [6.07, 6.45) is 3.55. The number of piperidine rings is 1. The lowest BCUT2D eigenvalue weighted by molar-refractivity contribution is 0.182. The molecule has 0 aromatic heterocycles. The van der Waals surface area contributed by atoms with Crippen LogP contribution in [-0.2, 0) is 17.8 Å². The Morgan fingerprint density at radius 2 is 2.12 bits per heavy atom. The minimum atomic E-state index is 0.360. The van der Waals surface area contributed by atoms with Gasteiger partial charge in [0.1, 0.15) is 5.75 Å². The molecular formula is C14H21NO2. The van der Waals surface area contributed by atoms with E-state index in [1.807, 2.05) is 12.1 Å². The van der Waals surface area contributed by atoms with Crippen LogP contribution in [0, 0.1) is 5.92 Å². The highest BCUT2D eigenvalue weighted by atomic mass is 16.5. The fourth-order valence-corrected chi connectivity index (χ4v) is 2.43. The van der Waals surface area contributed by atoms with E-state index < -0.39 is 0 Å². The van der Waals surface area contributed by atoms with Crippen molar-refractivity contribution < 1.29 is 9.84 Å². The Bertz CT molecular complexity index is 359. The summed E-state index contributed by atoms with van der Waals surface area (Å²) < 4.78 is 5.03. The number of hydrogen-bond donors (Lipinski definition) is 2. The van der Waals surface area contributed by atoms with Crippen molar-refractivity contribution in [3.63, 3.8) is 0 Å². The van der Waals surface area contributed by atoms with Crippen LogP contribution in [0.25, 0.3) is 0 Å². The summed E-state index contributed by atoms with van der Waals surface area (Å²) in [7, 11) is 1.64. The molecule has 94 valence electrons. The van der Waals surface area contributed by atoms with Crippen LogP contribution in [0.3, 0.4) is 0 Å². The first-order valence-electron chi connectivity index (χ1n) is 6.30. The van der Waals surface area contributed by atoms with Gasteiger partial charge in [0.05, 0.1) is 6.61 Å². The molecule has 1 aromatic rings. The average molecular weight is 235 g/mol. The number of aromatic hydroxyl groups is 1. The molecule has 0 unspecified atom stereocenters. The van der Waals surface area contributed by atoms with Crippen LogP contribution < -0.4 is 5.32 Å². The van der Waals surface area contributed by atoms with E-state index in [2.05, 4.69) is 11.4 Å². The molecule has 1 saturated heterocycles. The molecule has 0 atom stereocenters. The predicted octanol–water partition coefficient (Wildman–Crippen LogP) is 2.08. The van der Waals surface area contributed by atoms with E-state index in [-0.39, 0.29) is 0 Å². The number of hydrogen-bond acceptors (Lipinski definition) is 3. The Labute approximate surface area is 103 Å². The van der Waals surface area contributed by atoms with Gasteiger partial charge in [-0.05, 0) is 49.9 Å². The summed E-state index contributed by atoms with van der Waals surface area (Å²) in [5, 5.41) is 13.2. The van der Waals surface area contributed by atoms with E-state index in [4.69, 9.17) is 4.74 Å². The normalized spacial score (nSPS) is 17.2. The molecule has 17 heavy (non-hydrogen) atoms. The molecule has 0 amide bonds. The van der Waals surface area contributed by atoms with E-state index in [9.17, 15) is 5.11 Å². The maximum atomic E-state index is 9.86. The van der Waals surface area contributed by atoms with Crippen LogP contribution in [-0.4, -0.2) is 25.3 Å². The van der Waals surface area contributed by atoms with Crippen molar-refractivity contribution in [2.75, 3.05) is 20.2 Å². The highest BCUT2D eigenvalue weighted by Crippen LogP contribution is 2.23.